The molecule has 8 heteroatoms. The number of rotatable bonds is 12. The summed E-state index contributed by atoms with van der Waals surface area (Å²) in [6.07, 6.45) is -4.70. The molecule has 3 aromatic rings. The van der Waals surface area contributed by atoms with Gasteiger partial charge in [0.1, 0.15) is 18.3 Å². The fourth-order valence-corrected chi connectivity index (χ4v) is 4.61. The summed E-state index contributed by atoms with van der Waals surface area (Å²) in [5.74, 6) is -0.986. The standard InChI is InChI=1S/C37H46O8/c1-36(2,3)34(38)44-32-31(42-24-28-20-14-9-15-21-28)30(41-23-27-18-12-8-13-19-27)29(25-40-22-26-16-10-7-11-17-26)43-33(32)45-35(39)37(4,5)6/h7-21,29-33H,22-25H2,1-6H3/t29-,30-,31+,32-,33?/m1/s1. The summed E-state index contributed by atoms with van der Waals surface area (Å²) in [5, 5.41) is 0. The molecular weight excluding hydrogens is 572 g/mol. The van der Waals surface area contributed by atoms with Crippen LogP contribution in [0.25, 0.3) is 0 Å². The summed E-state index contributed by atoms with van der Waals surface area (Å²) in [6.45, 7) is 11.5. The summed E-state index contributed by atoms with van der Waals surface area (Å²) in [7, 11) is 0. The molecule has 0 radical (unpaired) electrons. The molecule has 1 saturated heterocycles. The zero-order chi connectivity index (χ0) is 32.5. The van der Waals surface area contributed by atoms with Gasteiger partial charge in [-0.05, 0) is 58.2 Å². The molecule has 0 bridgehead atoms. The zero-order valence-electron chi connectivity index (χ0n) is 27.1. The summed E-state index contributed by atoms with van der Waals surface area (Å²) in [4.78, 5) is 26.5. The van der Waals surface area contributed by atoms with Crippen molar-refractivity contribution < 1.29 is 38.0 Å². The SMILES string of the molecule is CC(C)(C)C(=O)OC1O[C@H](COCc2ccccc2)[C@@H](OCc2ccccc2)[C@H](OCc2ccccc2)[C@H]1OC(=O)C(C)(C)C. The first-order valence-electron chi connectivity index (χ1n) is 15.4. The summed E-state index contributed by atoms with van der Waals surface area (Å²) >= 11 is 0. The molecule has 1 fully saturated rings. The molecule has 0 saturated carbocycles. The van der Waals surface area contributed by atoms with E-state index in [4.69, 9.17) is 28.4 Å². The maximum atomic E-state index is 13.3. The predicted molar refractivity (Wildman–Crippen MR) is 170 cm³/mol. The van der Waals surface area contributed by atoms with Crippen molar-refractivity contribution in [3.8, 4) is 0 Å². The molecule has 242 valence electrons. The number of hydrogen-bond acceptors (Lipinski definition) is 8. The highest BCUT2D eigenvalue weighted by Gasteiger charge is 2.52. The van der Waals surface area contributed by atoms with Gasteiger partial charge < -0.3 is 28.4 Å². The Morgan fingerprint density at radius 3 is 1.47 bits per heavy atom. The van der Waals surface area contributed by atoms with Gasteiger partial charge in [0.2, 0.25) is 6.29 Å². The van der Waals surface area contributed by atoms with Gasteiger partial charge in [0.05, 0.1) is 37.3 Å². The van der Waals surface area contributed by atoms with Crippen molar-refractivity contribution in [3.63, 3.8) is 0 Å². The minimum Gasteiger partial charge on any atom is -0.452 e. The van der Waals surface area contributed by atoms with Crippen LogP contribution in [0.3, 0.4) is 0 Å². The molecule has 0 aromatic heterocycles. The average Bonchev–Trinajstić information content (AvgIpc) is 3.01. The molecule has 8 nitrogen and oxygen atoms in total. The van der Waals surface area contributed by atoms with Crippen molar-refractivity contribution in [3.05, 3.63) is 108 Å². The molecule has 1 aliphatic heterocycles. The van der Waals surface area contributed by atoms with Crippen LogP contribution in [0.2, 0.25) is 0 Å². The molecule has 1 aliphatic rings. The molecule has 0 spiro atoms. The first-order chi connectivity index (χ1) is 21.4. The van der Waals surface area contributed by atoms with Crippen LogP contribution in [0.4, 0.5) is 0 Å². The van der Waals surface area contributed by atoms with E-state index in [2.05, 4.69) is 0 Å². The third-order valence-corrected chi connectivity index (χ3v) is 7.25. The van der Waals surface area contributed by atoms with Crippen LogP contribution < -0.4 is 0 Å². The monoisotopic (exact) mass is 618 g/mol. The Hall–Kier alpha value is -3.56. The van der Waals surface area contributed by atoms with Crippen molar-refractivity contribution in [2.45, 2.75) is 92.1 Å². The van der Waals surface area contributed by atoms with Crippen LogP contribution >= 0.6 is 0 Å². The van der Waals surface area contributed by atoms with Gasteiger partial charge in [-0.1, -0.05) is 91.0 Å². The molecule has 0 amide bonds. The van der Waals surface area contributed by atoms with Gasteiger partial charge >= 0.3 is 11.9 Å². The van der Waals surface area contributed by atoms with Crippen molar-refractivity contribution in [1.82, 2.24) is 0 Å². The lowest BCUT2D eigenvalue weighted by atomic mass is 9.94. The molecular formula is C37H46O8. The van der Waals surface area contributed by atoms with Crippen LogP contribution in [0.5, 0.6) is 0 Å². The second kappa shape index (κ2) is 15.6. The number of ether oxygens (including phenoxy) is 6. The Morgan fingerprint density at radius 2 is 1.00 bits per heavy atom. The second-order valence-corrected chi connectivity index (χ2v) is 13.3. The third kappa shape index (κ3) is 10.2. The third-order valence-electron chi connectivity index (χ3n) is 7.25. The van der Waals surface area contributed by atoms with Crippen LogP contribution in [0.15, 0.2) is 91.0 Å². The Morgan fingerprint density at radius 1 is 0.578 bits per heavy atom. The van der Waals surface area contributed by atoms with E-state index in [1.165, 1.54) is 0 Å². The van der Waals surface area contributed by atoms with E-state index in [9.17, 15) is 9.59 Å². The second-order valence-electron chi connectivity index (χ2n) is 13.3. The summed E-state index contributed by atoms with van der Waals surface area (Å²) in [5.41, 5.74) is 1.21. The number of carbonyl (C=O) groups excluding carboxylic acids is 2. The van der Waals surface area contributed by atoms with Crippen molar-refractivity contribution in [2.75, 3.05) is 6.61 Å². The largest absolute Gasteiger partial charge is 0.452 e. The lowest BCUT2D eigenvalue weighted by molar-refractivity contribution is -0.316. The summed E-state index contributed by atoms with van der Waals surface area (Å²) in [6, 6.07) is 29.2. The lowest BCUT2D eigenvalue weighted by Gasteiger charge is -2.45. The van der Waals surface area contributed by atoms with E-state index in [-0.39, 0.29) is 19.8 Å². The average molecular weight is 619 g/mol. The van der Waals surface area contributed by atoms with Crippen molar-refractivity contribution in [1.29, 1.82) is 0 Å². The van der Waals surface area contributed by atoms with E-state index >= 15 is 0 Å². The molecule has 3 aromatic carbocycles. The lowest BCUT2D eigenvalue weighted by Crippen LogP contribution is -2.63. The molecule has 0 N–H and O–H groups in total. The van der Waals surface area contributed by atoms with Crippen LogP contribution in [-0.2, 0) is 57.8 Å². The van der Waals surface area contributed by atoms with Gasteiger partial charge in [-0.3, -0.25) is 9.59 Å². The van der Waals surface area contributed by atoms with Gasteiger partial charge in [-0.15, -0.1) is 0 Å². The molecule has 1 unspecified atom stereocenters. The first kappa shape index (κ1) is 34.3. The molecule has 0 aliphatic carbocycles. The van der Waals surface area contributed by atoms with E-state index in [0.29, 0.717) is 6.61 Å². The minimum atomic E-state index is -1.26. The van der Waals surface area contributed by atoms with E-state index < -0.39 is 53.5 Å². The Bertz CT molecular complexity index is 1330. The predicted octanol–water partition coefficient (Wildman–Crippen LogP) is 6.65. The van der Waals surface area contributed by atoms with Crippen LogP contribution in [0.1, 0.15) is 58.2 Å². The Labute approximate surface area is 266 Å². The minimum absolute atomic E-state index is 0.114. The normalized spacial score (nSPS) is 22.0. The smallest absolute Gasteiger partial charge is 0.313 e. The van der Waals surface area contributed by atoms with Crippen LogP contribution in [0, 0.1) is 10.8 Å². The van der Waals surface area contributed by atoms with Crippen molar-refractivity contribution in [2.24, 2.45) is 10.8 Å². The highest BCUT2D eigenvalue weighted by Crippen LogP contribution is 2.33. The molecule has 45 heavy (non-hydrogen) atoms. The van der Waals surface area contributed by atoms with E-state index in [0.717, 1.165) is 16.7 Å². The number of esters is 2. The number of hydrogen-bond donors (Lipinski definition) is 0. The van der Waals surface area contributed by atoms with Gasteiger partial charge in [-0.2, -0.15) is 0 Å². The molecule has 5 atom stereocenters. The number of carbonyl (C=O) groups is 2. The number of benzene rings is 3. The highest BCUT2D eigenvalue weighted by molar-refractivity contribution is 5.76. The summed E-state index contributed by atoms with van der Waals surface area (Å²) < 4.78 is 37.7. The highest BCUT2D eigenvalue weighted by atomic mass is 16.7. The van der Waals surface area contributed by atoms with E-state index in [1.807, 2.05) is 91.0 Å². The fraction of sp³-hybridized carbons (Fsp3) is 0.459. The van der Waals surface area contributed by atoms with Crippen LogP contribution in [-0.4, -0.2) is 49.3 Å². The maximum Gasteiger partial charge on any atom is 0.313 e. The quantitative estimate of drug-likeness (QED) is 0.209. The Balaban J connectivity index is 1.70. The molecule has 4 rings (SSSR count). The van der Waals surface area contributed by atoms with E-state index in [1.54, 1.807) is 41.5 Å². The van der Waals surface area contributed by atoms with Gasteiger partial charge in [0.25, 0.3) is 0 Å². The topological polar surface area (TPSA) is 89.5 Å². The fourth-order valence-electron chi connectivity index (χ4n) is 4.61. The first-order valence-corrected chi connectivity index (χ1v) is 15.4. The van der Waals surface area contributed by atoms with Gasteiger partial charge in [0, 0.05) is 0 Å². The molecule has 1 heterocycles. The van der Waals surface area contributed by atoms with Crippen molar-refractivity contribution >= 4 is 11.9 Å². The maximum absolute atomic E-state index is 13.3. The van der Waals surface area contributed by atoms with Gasteiger partial charge in [-0.25, -0.2) is 0 Å². The Kier molecular flexibility index (Phi) is 11.9. The zero-order valence-corrected chi connectivity index (χ0v) is 27.1. The van der Waals surface area contributed by atoms with Gasteiger partial charge in [0.15, 0.2) is 6.10 Å².